The number of halogens is 1. The summed E-state index contributed by atoms with van der Waals surface area (Å²) < 4.78 is 27.6. The summed E-state index contributed by atoms with van der Waals surface area (Å²) in [6.07, 6.45) is 0. The standard InChI is InChI=1S/C20H13ClN6O2S/c21-15-4-3-5-16(12-15)30(28,29)27-18-7-2-1-6-17(18)19(24-27)13-8-10-14(11-9-13)20-22-25-26-23-20/h1-12H,(H,22,23,25,26). The van der Waals surface area contributed by atoms with Crippen LogP contribution in [-0.2, 0) is 10.0 Å². The first-order valence-electron chi connectivity index (χ1n) is 8.87. The van der Waals surface area contributed by atoms with E-state index in [4.69, 9.17) is 11.6 Å². The number of benzene rings is 3. The number of nitrogens with one attached hydrogen (secondary N) is 1. The molecule has 30 heavy (non-hydrogen) atoms. The lowest BCUT2D eigenvalue weighted by Crippen LogP contribution is -2.14. The van der Waals surface area contributed by atoms with Crippen molar-refractivity contribution in [3.8, 4) is 22.6 Å². The van der Waals surface area contributed by atoms with E-state index in [-0.39, 0.29) is 4.90 Å². The molecule has 2 heterocycles. The number of tetrazole rings is 1. The predicted molar refractivity (Wildman–Crippen MR) is 112 cm³/mol. The number of para-hydroxylation sites is 1. The van der Waals surface area contributed by atoms with Gasteiger partial charge >= 0.3 is 0 Å². The number of hydrogen-bond donors (Lipinski definition) is 1. The molecule has 0 amide bonds. The monoisotopic (exact) mass is 436 g/mol. The normalized spacial score (nSPS) is 11.8. The van der Waals surface area contributed by atoms with Crippen LogP contribution in [0.5, 0.6) is 0 Å². The third-order valence-corrected chi connectivity index (χ3v) is 6.46. The van der Waals surface area contributed by atoms with Gasteiger partial charge < -0.3 is 0 Å². The quantitative estimate of drug-likeness (QED) is 0.459. The van der Waals surface area contributed by atoms with E-state index in [9.17, 15) is 8.42 Å². The highest BCUT2D eigenvalue weighted by atomic mass is 35.5. The highest BCUT2D eigenvalue weighted by Crippen LogP contribution is 2.31. The fourth-order valence-electron chi connectivity index (χ4n) is 3.22. The van der Waals surface area contributed by atoms with Crippen LogP contribution < -0.4 is 0 Å². The van der Waals surface area contributed by atoms with Gasteiger partial charge in [-0.2, -0.15) is 22.8 Å². The zero-order valence-electron chi connectivity index (χ0n) is 15.3. The van der Waals surface area contributed by atoms with E-state index < -0.39 is 10.0 Å². The number of hydrogen-bond acceptors (Lipinski definition) is 6. The van der Waals surface area contributed by atoms with Crippen LogP contribution in [0.2, 0.25) is 5.02 Å². The fourth-order valence-corrected chi connectivity index (χ4v) is 4.81. The average molecular weight is 437 g/mol. The third-order valence-electron chi connectivity index (χ3n) is 4.64. The SMILES string of the molecule is O=S(=O)(c1cccc(Cl)c1)n1nc(-c2ccc(-c3nn[nH]n3)cc2)c2ccccc21. The van der Waals surface area contributed by atoms with E-state index in [1.807, 2.05) is 36.4 Å². The maximum Gasteiger partial charge on any atom is 0.283 e. The molecule has 5 rings (SSSR count). The molecule has 3 aromatic carbocycles. The average Bonchev–Trinajstić information content (AvgIpc) is 3.43. The summed E-state index contributed by atoms with van der Waals surface area (Å²) in [5.74, 6) is 0.473. The molecule has 0 bridgehead atoms. The molecular weight excluding hydrogens is 424 g/mol. The molecule has 5 aromatic rings. The smallest absolute Gasteiger partial charge is 0.199 e. The van der Waals surface area contributed by atoms with Gasteiger partial charge in [0.15, 0.2) is 0 Å². The van der Waals surface area contributed by atoms with Crippen molar-refractivity contribution in [3.63, 3.8) is 0 Å². The molecular formula is C20H13ClN6O2S. The molecule has 0 aliphatic carbocycles. The van der Waals surface area contributed by atoms with Gasteiger partial charge in [0, 0.05) is 21.5 Å². The molecule has 0 aliphatic heterocycles. The Morgan fingerprint density at radius 2 is 1.67 bits per heavy atom. The predicted octanol–water partition coefficient (Wildman–Crippen LogP) is 3.77. The van der Waals surface area contributed by atoms with Gasteiger partial charge in [-0.1, -0.05) is 60.1 Å². The summed E-state index contributed by atoms with van der Waals surface area (Å²) in [6.45, 7) is 0. The number of aromatic nitrogens is 6. The second kappa shape index (κ2) is 7.05. The first-order valence-corrected chi connectivity index (χ1v) is 10.7. The van der Waals surface area contributed by atoms with E-state index in [0.29, 0.717) is 22.1 Å². The Bertz CT molecular complexity index is 1460. The van der Waals surface area contributed by atoms with E-state index in [1.54, 1.807) is 24.3 Å². The fraction of sp³-hybridized carbons (Fsp3) is 0. The highest BCUT2D eigenvalue weighted by Gasteiger charge is 2.23. The summed E-state index contributed by atoms with van der Waals surface area (Å²) >= 11 is 6.00. The summed E-state index contributed by atoms with van der Waals surface area (Å²) in [5, 5.41) is 19.4. The number of fused-ring (bicyclic) bond motifs is 1. The van der Waals surface area contributed by atoms with Gasteiger partial charge in [0.25, 0.3) is 10.0 Å². The molecule has 8 nitrogen and oxygen atoms in total. The molecule has 0 saturated heterocycles. The maximum atomic E-state index is 13.3. The van der Waals surface area contributed by atoms with Crippen LogP contribution in [0.4, 0.5) is 0 Å². The van der Waals surface area contributed by atoms with Gasteiger partial charge in [-0.3, -0.25) is 0 Å². The Balaban J connectivity index is 1.67. The molecule has 1 N–H and O–H groups in total. The topological polar surface area (TPSA) is 106 Å². The molecule has 0 radical (unpaired) electrons. The van der Waals surface area contributed by atoms with Crippen molar-refractivity contribution in [3.05, 3.63) is 77.8 Å². The largest absolute Gasteiger partial charge is 0.283 e. The number of aromatic amines is 1. The van der Waals surface area contributed by atoms with Crippen molar-refractivity contribution in [1.82, 2.24) is 29.8 Å². The van der Waals surface area contributed by atoms with Gasteiger partial charge in [-0.05, 0) is 29.5 Å². The van der Waals surface area contributed by atoms with Crippen LogP contribution in [0.25, 0.3) is 33.5 Å². The van der Waals surface area contributed by atoms with Crippen LogP contribution in [0.15, 0.2) is 77.7 Å². The van der Waals surface area contributed by atoms with Crippen LogP contribution in [0, 0.1) is 0 Å². The lowest BCUT2D eigenvalue weighted by molar-refractivity contribution is 0.582. The van der Waals surface area contributed by atoms with Crippen molar-refractivity contribution in [2.75, 3.05) is 0 Å². The highest BCUT2D eigenvalue weighted by molar-refractivity contribution is 7.90. The maximum absolute atomic E-state index is 13.3. The molecule has 10 heteroatoms. The second-order valence-corrected chi connectivity index (χ2v) is 8.69. The molecule has 0 saturated carbocycles. The van der Waals surface area contributed by atoms with Crippen LogP contribution in [0.1, 0.15) is 0 Å². The Morgan fingerprint density at radius 3 is 2.40 bits per heavy atom. The molecule has 2 aromatic heterocycles. The van der Waals surface area contributed by atoms with Crippen LogP contribution in [0.3, 0.4) is 0 Å². The Hall–Kier alpha value is -3.56. The summed E-state index contributed by atoms with van der Waals surface area (Å²) in [4.78, 5) is 0.0715. The van der Waals surface area contributed by atoms with Crippen molar-refractivity contribution in [1.29, 1.82) is 0 Å². The lowest BCUT2D eigenvalue weighted by Gasteiger charge is -2.06. The Labute approximate surface area is 176 Å². The van der Waals surface area contributed by atoms with Gasteiger partial charge in [0.05, 0.1) is 10.4 Å². The second-order valence-electron chi connectivity index (χ2n) is 6.48. The minimum absolute atomic E-state index is 0.0715. The van der Waals surface area contributed by atoms with Crippen molar-refractivity contribution < 1.29 is 8.42 Å². The number of nitrogens with zero attached hydrogens (tertiary/aromatic N) is 5. The van der Waals surface area contributed by atoms with E-state index >= 15 is 0 Å². The van der Waals surface area contributed by atoms with Crippen LogP contribution >= 0.6 is 11.6 Å². The molecule has 0 spiro atoms. The van der Waals surface area contributed by atoms with Crippen LogP contribution in [-0.4, -0.2) is 38.2 Å². The first kappa shape index (κ1) is 18.5. The molecule has 0 unspecified atom stereocenters. The van der Waals surface area contributed by atoms with Gasteiger partial charge in [0.2, 0.25) is 5.82 Å². The summed E-state index contributed by atoms with van der Waals surface area (Å²) in [7, 11) is -3.93. The van der Waals surface area contributed by atoms with Crippen molar-refractivity contribution in [2.24, 2.45) is 0 Å². The van der Waals surface area contributed by atoms with E-state index in [2.05, 4.69) is 25.7 Å². The minimum atomic E-state index is -3.93. The van der Waals surface area contributed by atoms with Gasteiger partial charge in [-0.25, -0.2) is 0 Å². The minimum Gasteiger partial charge on any atom is -0.199 e. The van der Waals surface area contributed by atoms with E-state index in [0.717, 1.165) is 20.6 Å². The van der Waals surface area contributed by atoms with Gasteiger partial charge in [-0.15, -0.1) is 10.2 Å². The molecule has 0 atom stereocenters. The van der Waals surface area contributed by atoms with Gasteiger partial charge in [0.1, 0.15) is 5.69 Å². The van der Waals surface area contributed by atoms with E-state index in [1.165, 1.54) is 12.1 Å². The van der Waals surface area contributed by atoms with Crippen molar-refractivity contribution in [2.45, 2.75) is 4.90 Å². The molecule has 148 valence electrons. The zero-order valence-corrected chi connectivity index (χ0v) is 16.8. The zero-order chi connectivity index (χ0) is 20.7. The Kier molecular flexibility index (Phi) is 4.34. The lowest BCUT2D eigenvalue weighted by atomic mass is 10.1. The number of rotatable bonds is 4. The Morgan fingerprint density at radius 1 is 0.900 bits per heavy atom. The summed E-state index contributed by atoms with van der Waals surface area (Å²) in [5.41, 5.74) is 2.58. The van der Waals surface area contributed by atoms with Crippen molar-refractivity contribution >= 4 is 32.5 Å². The molecule has 0 aliphatic rings. The number of H-pyrrole nitrogens is 1. The first-order chi connectivity index (χ1) is 14.5. The molecule has 0 fully saturated rings. The third kappa shape index (κ3) is 3.04. The summed E-state index contributed by atoms with van der Waals surface area (Å²) in [6, 6.07) is 20.7.